The van der Waals surface area contributed by atoms with Crippen LogP contribution in [0.1, 0.15) is 5.56 Å². The Balaban J connectivity index is 2.06. The fourth-order valence-electron chi connectivity index (χ4n) is 2.36. The van der Waals surface area contributed by atoms with Crippen molar-refractivity contribution in [3.63, 3.8) is 0 Å². The van der Waals surface area contributed by atoms with Crippen LogP contribution < -0.4 is 23.7 Å². The van der Waals surface area contributed by atoms with Gasteiger partial charge in [-0.25, -0.2) is 0 Å². The topological polar surface area (TPSA) is 46.2 Å². The predicted octanol–water partition coefficient (Wildman–Crippen LogP) is 4.37. The monoisotopic (exact) mass is 356 g/mol. The number of para-hydroxylation sites is 2. The molecule has 2 aromatic rings. The number of hydrogen-bond donors (Lipinski definition) is 0. The number of benzene rings is 2. The van der Waals surface area contributed by atoms with Crippen LogP contribution in [-0.4, -0.2) is 34.5 Å². The van der Waals surface area contributed by atoms with Gasteiger partial charge < -0.3 is 23.7 Å². The molecule has 0 N–H and O–H groups in total. The lowest BCUT2D eigenvalue weighted by molar-refractivity contribution is 0.308. The molecule has 0 aliphatic rings. The maximum absolute atomic E-state index is 5.78. The minimum atomic E-state index is 0.394. The lowest BCUT2D eigenvalue weighted by Crippen LogP contribution is -1.99. The molecular weight excluding hydrogens is 332 g/mol. The van der Waals surface area contributed by atoms with Gasteiger partial charge in [0.15, 0.2) is 23.0 Å². The first-order valence-corrected chi connectivity index (χ1v) is 8.15. The van der Waals surface area contributed by atoms with Crippen molar-refractivity contribution in [2.45, 2.75) is 0 Å². The maximum atomic E-state index is 5.78. The molecule has 2 aromatic carbocycles. The Kier molecular flexibility index (Phi) is 7.43. The molecule has 2 rings (SSSR count). The molecule has 0 aliphatic carbocycles. The summed E-state index contributed by atoms with van der Waals surface area (Å²) >= 11 is 0. The van der Waals surface area contributed by atoms with E-state index in [9.17, 15) is 0 Å². The highest BCUT2D eigenvalue weighted by Gasteiger charge is 2.11. The van der Waals surface area contributed by atoms with Gasteiger partial charge in [0.25, 0.3) is 0 Å². The third kappa shape index (κ3) is 4.96. The summed E-state index contributed by atoms with van der Waals surface area (Å²) in [5.41, 5.74) is 0.916. The first kappa shape index (κ1) is 19.2. The summed E-state index contributed by atoms with van der Waals surface area (Å²) in [5.74, 6) is 3.15. The number of ether oxygens (including phenoxy) is 5. The van der Waals surface area contributed by atoms with Crippen molar-refractivity contribution in [1.82, 2.24) is 0 Å². The molecule has 5 nitrogen and oxygen atoms in total. The van der Waals surface area contributed by atoms with Crippen LogP contribution in [0.15, 0.2) is 55.1 Å². The second-order valence-electron chi connectivity index (χ2n) is 5.22. The molecule has 0 spiro atoms. The average molecular weight is 356 g/mol. The standard InChI is InChI=1S/C21H24O5/c1-5-12-25-17-10-6-7-11-18(17)26-13-8-9-16-14-19(22-2)21(24-4)20(15-16)23-3/h5-11,14-15H,1,12-13H2,2-4H3/b9-8+. The molecule has 0 amide bonds. The van der Waals surface area contributed by atoms with Crippen molar-refractivity contribution in [3.05, 3.63) is 60.7 Å². The molecular formula is C21H24O5. The van der Waals surface area contributed by atoms with Gasteiger partial charge >= 0.3 is 0 Å². The van der Waals surface area contributed by atoms with Crippen molar-refractivity contribution in [2.24, 2.45) is 0 Å². The van der Waals surface area contributed by atoms with Gasteiger partial charge in [-0.2, -0.15) is 0 Å². The highest BCUT2D eigenvalue weighted by Crippen LogP contribution is 2.38. The van der Waals surface area contributed by atoms with Gasteiger partial charge in [-0.1, -0.05) is 30.9 Å². The summed E-state index contributed by atoms with van der Waals surface area (Å²) in [6.07, 6.45) is 5.53. The summed E-state index contributed by atoms with van der Waals surface area (Å²) in [6.45, 7) is 4.47. The fraction of sp³-hybridized carbons (Fsp3) is 0.238. The van der Waals surface area contributed by atoms with Gasteiger partial charge in [-0.15, -0.1) is 0 Å². The van der Waals surface area contributed by atoms with E-state index >= 15 is 0 Å². The Morgan fingerprint density at radius 2 is 1.38 bits per heavy atom. The smallest absolute Gasteiger partial charge is 0.203 e. The second-order valence-corrected chi connectivity index (χ2v) is 5.22. The van der Waals surface area contributed by atoms with E-state index in [4.69, 9.17) is 23.7 Å². The molecule has 5 heteroatoms. The predicted molar refractivity (Wildman–Crippen MR) is 103 cm³/mol. The highest BCUT2D eigenvalue weighted by atomic mass is 16.5. The van der Waals surface area contributed by atoms with Crippen LogP contribution in [0.4, 0.5) is 0 Å². The Morgan fingerprint density at radius 3 is 1.88 bits per heavy atom. The van der Waals surface area contributed by atoms with Gasteiger partial charge in [0, 0.05) is 0 Å². The van der Waals surface area contributed by atoms with E-state index in [2.05, 4.69) is 6.58 Å². The minimum absolute atomic E-state index is 0.394. The Labute approximate surface area is 154 Å². The summed E-state index contributed by atoms with van der Waals surface area (Å²) < 4.78 is 27.4. The van der Waals surface area contributed by atoms with Crippen molar-refractivity contribution < 1.29 is 23.7 Å². The van der Waals surface area contributed by atoms with Gasteiger partial charge in [-0.05, 0) is 35.9 Å². The lowest BCUT2D eigenvalue weighted by Gasteiger charge is -2.13. The fourth-order valence-corrected chi connectivity index (χ4v) is 2.36. The molecule has 0 atom stereocenters. The molecule has 0 aliphatic heterocycles. The second kappa shape index (κ2) is 10.0. The zero-order valence-electron chi connectivity index (χ0n) is 15.4. The molecule has 0 saturated heterocycles. The quantitative estimate of drug-likeness (QED) is 0.592. The number of hydrogen-bond acceptors (Lipinski definition) is 5. The zero-order chi connectivity index (χ0) is 18.8. The SMILES string of the molecule is C=CCOc1ccccc1OC/C=C/c1cc(OC)c(OC)c(OC)c1. The van der Waals surface area contributed by atoms with E-state index < -0.39 is 0 Å². The molecule has 0 saturated carbocycles. The van der Waals surface area contributed by atoms with Gasteiger partial charge in [0.05, 0.1) is 21.3 Å². The van der Waals surface area contributed by atoms with Crippen LogP contribution in [-0.2, 0) is 0 Å². The molecule has 0 radical (unpaired) electrons. The average Bonchev–Trinajstić information content (AvgIpc) is 2.69. The van der Waals surface area contributed by atoms with Gasteiger partial charge in [0.2, 0.25) is 5.75 Å². The zero-order valence-corrected chi connectivity index (χ0v) is 15.4. The third-order valence-corrected chi connectivity index (χ3v) is 3.54. The van der Waals surface area contributed by atoms with Crippen LogP contribution in [0.5, 0.6) is 28.7 Å². The van der Waals surface area contributed by atoms with E-state index in [1.54, 1.807) is 27.4 Å². The van der Waals surface area contributed by atoms with E-state index in [-0.39, 0.29) is 0 Å². The molecule has 0 bridgehead atoms. The minimum Gasteiger partial charge on any atom is -0.493 e. The van der Waals surface area contributed by atoms with E-state index in [0.717, 1.165) is 5.56 Å². The summed E-state index contributed by atoms with van der Waals surface area (Å²) in [5, 5.41) is 0. The molecule has 0 aromatic heterocycles. The summed E-state index contributed by atoms with van der Waals surface area (Å²) in [6, 6.07) is 11.3. The van der Waals surface area contributed by atoms with Gasteiger partial charge in [0.1, 0.15) is 13.2 Å². The third-order valence-electron chi connectivity index (χ3n) is 3.54. The Hall–Kier alpha value is -3.08. The molecule has 0 fully saturated rings. The van der Waals surface area contributed by atoms with Crippen molar-refractivity contribution in [2.75, 3.05) is 34.5 Å². The lowest BCUT2D eigenvalue weighted by atomic mass is 10.1. The van der Waals surface area contributed by atoms with E-state index in [0.29, 0.717) is 42.0 Å². The van der Waals surface area contributed by atoms with E-state index in [1.165, 1.54) is 0 Å². The highest BCUT2D eigenvalue weighted by molar-refractivity contribution is 5.62. The summed E-state index contributed by atoms with van der Waals surface area (Å²) in [7, 11) is 4.76. The molecule has 26 heavy (non-hydrogen) atoms. The molecule has 138 valence electrons. The van der Waals surface area contributed by atoms with Crippen molar-refractivity contribution in [1.29, 1.82) is 0 Å². The Morgan fingerprint density at radius 1 is 0.808 bits per heavy atom. The van der Waals surface area contributed by atoms with Crippen molar-refractivity contribution >= 4 is 6.08 Å². The van der Waals surface area contributed by atoms with Gasteiger partial charge in [-0.3, -0.25) is 0 Å². The first-order chi connectivity index (χ1) is 12.7. The van der Waals surface area contributed by atoms with Crippen LogP contribution in [0.3, 0.4) is 0 Å². The Bertz CT molecular complexity index is 727. The van der Waals surface area contributed by atoms with Crippen LogP contribution in [0.25, 0.3) is 6.08 Å². The number of rotatable bonds is 10. The van der Waals surface area contributed by atoms with Crippen LogP contribution >= 0.6 is 0 Å². The first-order valence-electron chi connectivity index (χ1n) is 8.15. The molecule has 0 unspecified atom stereocenters. The van der Waals surface area contributed by atoms with Crippen LogP contribution in [0.2, 0.25) is 0 Å². The van der Waals surface area contributed by atoms with E-state index in [1.807, 2.05) is 48.6 Å². The van der Waals surface area contributed by atoms with Crippen molar-refractivity contribution in [3.8, 4) is 28.7 Å². The normalized spacial score (nSPS) is 10.4. The summed E-state index contributed by atoms with van der Waals surface area (Å²) in [4.78, 5) is 0. The maximum Gasteiger partial charge on any atom is 0.203 e. The largest absolute Gasteiger partial charge is 0.493 e. The molecule has 0 heterocycles. The number of methoxy groups -OCH3 is 3. The van der Waals surface area contributed by atoms with Crippen LogP contribution in [0, 0.1) is 0 Å².